The van der Waals surface area contributed by atoms with Crippen LogP contribution in [0.4, 0.5) is 0 Å². The first kappa shape index (κ1) is 15.9. The summed E-state index contributed by atoms with van der Waals surface area (Å²) in [5.41, 5.74) is 0. The van der Waals surface area contributed by atoms with Crippen LogP contribution in [0.5, 0.6) is 0 Å². The van der Waals surface area contributed by atoms with Crippen LogP contribution < -0.4 is 0 Å². The summed E-state index contributed by atoms with van der Waals surface area (Å²) in [4.78, 5) is 16.1. The zero-order chi connectivity index (χ0) is 14.1. The quantitative estimate of drug-likeness (QED) is 0.747. The molecule has 0 radical (unpaired) electrons. The SMILES string of the molecule is CCN(CCC#N)C(=O)CN1CCCCC1CCO. The molecule has 5 heteroatoms. The van der Waals surface area contributed by atoms with Gasteiger partial charge in [0.25, 0.3) is 0 Å². The van der Waals surface area contributed by atoms with E-state index in [4.69, 9.17) is 10.4 Å². The summed E-state index contributed by atoms with van der Waals surface area (Å²) < 4.78 is 0. The summed E-state index contributed by atoms with van der Waals surface area (Å²) in [5, 5.41) is 17.7. The summed E-state index contributed by atoms with van der Waals surface area (Å²) in [6, 6.07) is 2.41. The van der Waals surface area contributed by atoms with E-state index in [0.717, 1.165) is 25.8 Å². The summed E-state index contributed by atoms with van der Waals surface area (Å²) in [6.45, 7) is 4.65. The van der Waals surface area contributed by atoms with Crippen LogP contribution in [0.25, 0.3) is 0 Å². The Bertz CT molecular complexity index is 312. The lowest BCUT2D eigenvalue weighted by atomic mass is 9.99. The molecule has 1 aliphatic rings. The Balaban J connectivity index is 2.50. The molecule has 1 aliphatic heterocycles. The van der Waals surface area contributed by atoms with Gasteiger partial charge in [-0.15, -0.1) is 0 Å². The van der Waals surface area contributed by atoms with E-state index >= 15 is 0 Å². The van der Waals surface area contributed by atoms with Crippen LogP contribution >= 0.6 is 0 Å². The maximum absolute atomic E-state index is 12.2. The average Bonchev–Trinajstić information content (AvgIpc) is 2.42. The fourth-order valence-electron chi connectivity index (χ4n) is 2.66. The molecule has 0 aromatic heterocycles. The van der Waals surface area contributed by atoms with Crippen LogP contribution in [0.1, 0.15) is 39.0 Å². The number of amides is 1. The lowest BCUT2D eigenvalue weighted by Crippen LogP contribution is -2.47. The minimum atomic E-state index is 0.0996. The van der Waals surface area contributed by atoms with Crippen molar-refractivity contribution in [3.63, 3.8) is 0 Å². The first-order valence-electron chi connectivity index (χ1n) is 7.22. The Hall–Kier alpha value is -1.12. The van der Waals surface area contributed by atoms with Crippen LogP contribution in [-0.2, 0) is 4.79 Å². The van der Waals surface area contributed by atoms with Gasteiger partial charge in [0.1, 0.15) is 0 Å². The molecule has 1 fully saturated rings. The Morgan fingerprint density at radius 2 is 2.32 bits per heavy atom. The fraction of sp³-hybridized carbons (Fsp3) is 0.857. The molecule has 5 nitrogen and oxygen atoms in total. The minimum absolute atomic E-state index is 0.0996. The largest absolute Gasteiger partial charge is 0.396 e. The van der Waals surface area contributed by atoms with E-state index in [1.807, 2.05) is 6.92 Å². The Morgan fingerprint density at radius 3 is 2.95 bits per heavy atom. The van der Waals surface area contributed by atoms with E-state index < -0.39 is 0 Å². The third-order valence-electron chi connectivity index (χ3n) is 3.78. The molecule has 19 heavy (non-hydrogen) atoms. The molecule has 0 bridgehead atoms. The second kappa shape index (κ2) is 8.89. The van der Waals surface area contributed by atoms with Gasteiger partial charge in [-0.3, -0.25) is 9.69 Å². The second-order valence-corrected chi connectivity index (χ2v) is 5.01. The van der Waals surface area contributed by atoms with Crippen molar-refractivity contribution >= 4 is 5.91 Å². The summed E-state index contributed by atoms with van der Waals surface area (Å²) in [7, 11) is 0. The number of carbonyl (C=O) groups is 1. The van der Waals surface area contributed by atoms with Gasteiger partial charge in [0.2, 0.25) is 5.91 Å². The number of carbonyl (C=O) groups excluding carboxylic acids is 1. The van der Waals surface area contributed by atoms with Crippen LogP contribution in [0.3, 0.4) is 0 Å². The normalized spacial score (nSPS) is 19.9. The Labute approximate surface area is 115 Å². The van der Waals surface area contributed by atoms with Gasteiger partial charge in [-0.25, -0.2) is 0 Å². The number of piperidine rings is 1. The van der Waals surface area contributed by atoms with E-state index in [2.05, 4.69) is 11.0 Å². The molecule has 1 rings (SSSR count). The Kier molecular flexibility index (Phi) is 7.46. The molecule has 0 spiro atoms. The summed E-state index contributed by atoms with van der Waals surface area (Å²) in [6.07, 6.45) is 4.51. The highest BCUT2D eigenvalue weighted by Crippen LogP contribution is 2.19. The topological polar surface area (TPSA) is 67.6 Å². The predicted molar refractivity (Wildman–Crippen MR) is 73.4 cm³/mol. The van der Waals surface area contributed by atoms with Gasteiger partial charge in [-0.05, 0) is 32.7 Å². The van der Waals surface area contributed by atoms with E-state index in [1.54, 1.807) is 4.90 Å². The van der Waals surface area contributed by atoms with Gasteiger partial charge >= 0.3 is 0 Å². The smallest absolute Gasteiger partial charge is 0.236 e. The molecule has 1 saturated heterocycles. The van der Waals surface area contributed by atoms with Crippen molar-refractivity contribution in [3.8, 4) is 6.07 Å². The van der Waals surface area contributed by atoms with Crippen molar-refractivity contribution in [3.05, 3.63) is 0 Å². The number of nitrogens with zero attached hydrogens (tertiary/aromatic N) is 3. The van der Waals surface area contributed by atoms with Crippen molar-refractivity contribution < 1.29 is 9.90 Å². The van der Waals surface area contributed by atoms with Gasteiger partial charge in [0.05, 0.1) is 19.0 Å². The number of likely N-dealkylation sites (N-methyl/N-ethyl adjacent to an activating group) is 1. The van der Waals surface area contributed by atoms with Crippen LogP contribution in [0.2, 0.25) is 0 Å². The van der Waals surface area contributed by atoms with Crippen LogP contribution in [-0.4, -0.2) is 59.6 Å². The Morgan fingerprint density at radius 1 is 1.53 bits per heavy atom. The molecule has 1 N–H and O–H groups in total. The lowest BCUT2D eigenvalue weighted by Gasteiger charge is -2.36. The first-order chi connectivity index (χ1) is 9.22. The average molecular weight is 267 g/mol. The van der Waals surface area contributed by atoms with Crippen molar-refractivity contribution in [1.29, 1.82) is 5.26 Å². The molecule has 0 saturated carbocycles. The zero-order valence-electron chi connectivity index (χ0n) is 11.8. The zero-order valence-corrected chi connectivity index (χ0v) is 11.8. The minimum Gasteiger partial charge on any atom is -0.396 e. The van der Waals surface area contributed by atoms with E-state index in [-0.39, 0.29) is 12.5 Å². The summed E-state index contributed by atoms with van der Waals surface area (Å²) in [5.74, 6) is 0.0996. The van der Waals surface area contributed by atoms with E-state index in [0.29, 0.717) is 32.1 Å². The molecule has 1 amide bonds. The molecular formula is C14H25N3O2. The number of hydrogen-bond acceptors (Lipinski definition) is 4. The van der Waals surface area contributed by atoms with Gasteiger partial charge in [-0.2, -0.15) is 5.26 Å². The maximum atomic E-state index is 12.2. The molecule has 0 aromatic carbocycles. The number of aliphatic hydroxyl groups is 1. The number of likely N-dealkylation sites (tertiary alicyclic amines) is 1. The predicted octanol–water partition coefficient (Wildman–Crippen LogP) is 0.985. The number of aliphatic hydroxyl groups excluding tert-OH is 1. The van der Waals surface area contributed by atoms with Crippen LogP contribution in [0, 0.1) is 11.3 Å². The fourth-order valence-corrected chi connectivity index (χ4v) is 2.66. The highest BCUT2D eigenvalue weighted by atomic mass is 16.3. The molecule has 108 valence electrons. The molecule has 1 heterocycles. The second-order valence-electron chi connectivity index (χ2n) is 5.01. The number of rotatable bonds is 7. The van der Waals surface area contributed by atoms with Gasteiger partial charge < -0.3 is 10.0 Å². The van der Waals surface area contributed by atoms with E-state index in [9.17, 15) is 4.79 Å². The van der Waals surface area contributed by atoms with Crippen molar-refractivity contribution in [2.45, 2.75) is 45.1 Å². The third-order valence-corrected chi connectivity index (χ3v) is 3.78. The molecule has 0 aliphatic carbocycles. The van der Waals surface area contributed by atoms with Crippen molar-refractivity contribution in [2.24, 2.45) is 0 Å². The number of nitriles is 1. The van der Waals surface area contributed by atoms with Crippen LogP contribution in [0.15, 0.2) is 0 Å². The first-order valence-corrected chi connectivity index (χ1v) is 7.22. The summed E-state index contributed by atoms with van der Waals surface area (Å²) >= 11 is 0. The van der Waals surface area contributed by atoms with Gasteiger partial charge in [0.15, 0.2) is 0 Å². The lowest BCUT2D eigenvalue weighted by molar-refractivity contribution is -0.133. The molecule has 0 aromatic rings. The number of hydrogen-bond donors (Lipinski definition) is 1. The monoisotopic (exact) mass is 267 g/mol. The standard InChI is InChI=1S/C14H25N3O2/c1-2-16(10-5-8-15)14(19)12-17-9-4-3-6-13(17)7-11-18/h13,18H,2-7,9-12H2,1H3. The molecule has 1 unspecified atom stereocenters. The van der Waals surface area contributed by atoms with Gasteiger partial charge in [0, 0.05) is 25.7 Å². The van der Waals surface area contributed by atoms with Crippen molar-refractivity contribution in [1.82, 2.24) is 9.80 Å². The molecule has 1 atom stereocenters. The van der Waals surface area contributed by atoms with E-state index in [1.165, 1.54) is 6.42 Å². The highest BCUT2D eigenvalue weighted by molar-refractivity contribution is 5.78. The maximum Gasteiger partial charge on any atom is 0.236 e. The molecular weight excluding hydrogens is 242 g/mol. The third kappa shape index (κ3) is 5.17. The van der Waals surface area contributed by atoms with Crippen molar-refractivity contribution in [2.75, 3.05) is 32.8 Å². The van der Waals surface area contributed by atoms with Gasteiger partial charge in [-0.1, -0.05) is 6.42 Å². The highest BCUT2D eigenvalue weighted by Gasteiger charge is 2.25.